The van der Waals surface area contributed by atoms with Gasteiger partial charge in [-0.1, -0.05) is 30.3 Å². The first-order valence-electron chi connectivity index (χ1n) is 7.76. The lowest BCUT2D eigenvalue weighted by Crippen LogP contribution is -2.07. The van der Waals surface area contributed by atoms with Crippen LogP contribution in [0.4, 0.5) is 5.69 Å². The molecule has 0 radical (unpaired) electrons. The predicted octanol–water partition coefficient (Wildman–Crippen LogP) is 3.38. The van der Waals surface area contributed by atoms with Gasteiger partial charge in [-0.25, -0.2) is 0 Å². The third kappa shape index (κ3) is 4.54. The van der Waals surface area contributed by atoms with Gasteiger partial charge in [0.2, 0.25) is 5.91 Å². The molecule has 2 heterocycles. The minimum Gasteiger partial charge on any atom is -0.456 e. The number of furan rings is 1. The Hall–Kier alpha value is -3.41. The van der Waals surface area contributed by atoms with Crippen LogP contribution in [0.15, 0.2) is 65.4 Å². The molecule has 1 N–H and O–H groups in total. The van der Waals surface area contributed by atoms with Crippen molar-refractivity contribution in [3.05, 3.63) is 78.0 Å². The van der Waals surface area contributed by atoms with Crippen LogP contribution < -0.4 is 5.32 Å². The first-order valence-corrected chi connectivity index (χ1v) is 7.76. The number of hydrogen-bond donors (Lipinski definition) is 1. The van der Waals surface area contributed by atoms with Gasteiger partial charge < -0.3 is 9.73 Å². The Kier molecular flexibility index (Phi) is 4.89. The number of anilines is 1. The molecule has 3 rings (SSSR count). The lowest BCUT2D eigenvalue weighted by atomic mass is 10.2. The first kappa shape index (κ1) is 16.4. The fourth-order valence-corrected chi connectivity index (χ4v) is 2.25. The highest BCUT2D eigenvalue weighted by molar-refractivity contribution is 6.01. The number of rotatable bonds is 6. The standard InChI is InChI=1S/C19H17N3O3/c1-14(23)18-9-8-17(25-18)13-22-12-16(11-20-22)21-19(24)10-7-15-5-3-2-4-6-15/h2-12H,13H2,1H3,(H,21,24)/b10-7+. The number of amides is 1. The van der Waals surface area contributed by atoms with Crippen molar-refractivity contribution in [2.45, 2.75) is 13.5 Å². The fraction of sp³-hybridized carbons (Fsp3) is 0.105. The van der Waals surface area contributed by atoms with Gasteiger partial charge in [-0.3, -0.25) is 14.3 Å². The minimum atomic E-state index is -0.236. The molecule has 0 aliphatic rings. The van der Waals surface area contributed by atoms with Crippen LogP contribution in [-0.2, 0) is 11.3 Å². The molecule has 0 bridgehead atoms. The SMILES string of the molecule is CC(=O)c1ccc(Cn2cc(NC(=O)/C=C/c3ccccc3)cn2)o1. The molecular weight excluding hydrogens is 318 g/mol. The molecule has 1 amide bonds. The number of benzene rings is 1. The first-order chi connectivity index (χ1) is 12.1. The van der Waals surface area contributed by atoms with Crippen molar-refractivity contribution >= 4 is 23.5 Å². The third-order valence-electron chi connectivity index (χ3n) is 3.45. The van der Waals surface area contributed by atoms with E-state index in [1.165, 1.54) is 13.0 Å². The zero-order chi connectivity index (χ0) is 17.6. The number of ketones is 1. The second kappa shape index (κ2) is 7.44. The molecule has 1 aromatic carbocycles. The van der Waals surface area contributed by atoms with E-state index in [9.17, 15) is 9.59 Å². The number of hydrogen-bond acceptors (Lipinski definition) is 4. The van der Waals surface area contributed by atoms with Gasteiger partial charge in [0.05, 0.1) is 18.4 Å². The summed E-state index contributed by atoms with van der Waals surface area (Å²) in [5.41, 5.74) is 1.54. The molecule has 126 valence electrons. The zero-order valence-electron chi connectivity index (χ0n) is 13.7. The van der Waals surface area contributed by atoms with Gasteiger partial charge in [0.15, 0.2) is 11.5 Å². The summed E-state index contributed by atoms with van der Waals surface area (Å²) < 4.78 is 7.04. The van der Waals surface area contributed by atoms with Gasteiger partial charge >= 0.3 is 0 Å². The highest BCUT2D eigenvalue weighted by Gasteiger charge is 2.08. The quantitative estimate of drug-likeness (QED) is 0.553. The summed E-state index contributed by atoms with van der Waals surface area (Å²) in [6.07, 6.45) is 6.47. The molecule has 0 unspecified atom stereocenters. The summed E-state index contributed by atoms with van der Waals surface area (Å²) in [5.74, 6) is 0.585. The Balaban J connectivity index is 1.58. The molecule has 25 heavy (non-hydrogen) atoms. The number of carbonyl (C=O) groups is 2. The van der Waals surface area contributed by atoms with Crippen molar-refractivity contribution in [2.24, 2.45) is 0 Å². The van der Waals surface area contributed by atoms with Crippen LogP contribution in [0.5, 0.6) is 0 Å². The maximum atomic E-state index is 11.9. The van der Waals surface area contributed by atoms with E-state index in [1.54, 1.807) is 35.3 Å². The van der Waals surface area contributed by atoms with Crippen molar-refractivity contribution in [3.8, 4) is 0 Å². The molecule has 2 aromatic heterocycles. The highest BCUT2D eigenvalue weighted by atomic mass is 16.3. The summed E-state index contributed by atoms with van der Waals surface area (Å²) in [6, 6.07) is 12.9. The molecule has 0 atom stereocenters. The smallest absolute Gasteiger partial charge is 0.248 e. The van der Waals surface area contributed by atoms with Crippen molar-refractivity contribution in [3.63, 3.8) is 0 Å². The molecule has 6 nitrogen and oxygen atoms in total. The second-order valence-electron chi connectivity index (χ2n) is 5.48. The summed E-state index contributed by atoms with van der Waals surface area (Å²) in [4.78, 5) is 23.2. The molecule has 0 saturated heterocycles. The molecule has 0 saturated carbocycles. The van der Waals surface area contributed by atoms with Gasteiger partial charge in [-0.15, -0.1) is 0 Å². The van der Waals surface area contributed by atoms with Crippen LogP contribution in [0.25, 0.3) is 6.08 Å². The van der Waals surface area contributed by atoms with E-state index in [-0.39, 0.29) is 11.7 Å². The van der Waals surface area contributed by atoms with Crippen molar-refractivity contribution in [1.82, 2.24) is 9.78 Å². The third-order valence-corrected chi connectivity index (χ3v) is 3.45. The largest absolute Gasteiger partial charge is 0.456 e. The van der Waals surface area contributed by atoms with Crippen LogP contribution in [0.2, 0.25) is 0 Å². The molecular formula is C19H17N3O3. The molecule has 0 aliphatic carbocycles. The Bertz CT molecular complexity index is 907. The number of Topliss-reactive ketones (excluding diaryl/α,β-unsaturated/α-hetero) is 1. The maximum Gasteiger partial charge on any atom is 0.248 e. The van der Waals surface area contributed by atoms with Gasteiger partial charge in [0.1, 0.15) is 5.76 Å². The van der Waals surface area contributed by atoms with Gasteiger partial charge in [-0.2, -0.15) is 5.10 Å². The maximum absolute atomic E-state index is 11.9. The molecule has 0 spiro atoms. The molecule has 6 heteroatoms. The number of aromatic nitrogens is 2. The lowest BCUT2D eigenvalue weighted by molar-refractivity contribution is -0.111. The molecule has 0 fully saturated rings. The average molecular weight is 335 g/mol. The van der Waals surface area contributed by atoms with E-state index >= 15 is 0 Å². The van der Waals surface area contributed by atoms with Gasteiger partial charge in [0.25, 0.3) is 0 Å². The Morgan fingerprint density at radius 1 is 1.20 bits per heavy atom. The second-order valence-corrected chi connectivity index (χ2v) is 5.48. The van der Waals surface area contributed by atoms with Gasteiger partial charge in [0, 0.05) is 19.2 Å². The van der Waals surface area contributed by atoms with E-state index in [0.717, 1.165) is 5.56 Å². The van der Waals surface area contributed by atoms with Crippen LogP contribution >= 0.6 is 0 Å². The average Bonchev–Trinajstić information content (AvgIpc) is 3.24. The number of nitrogens with one attached hydrogen (secondary N) is 1. The fourth-order valence-electron chi connectivity index (χ4n) is 2.25. The Morgan fingerprint density at radius 2 is 2.00 bits per heavy atom. The monoisotopic (exact) mass is 335 g/mol. The topological polar surface area (TPSA) is 77.1 Å². The summed E-state index contributed by atoms with van der Waals surface area (Å²) in [7, 11) is 0. The van der Waals surface area contributed by atoms with E-state index in [1.807, 2.05) is 30.3 Å². The molecule has 0 aliphatic heterocycles. The van der Waals surface area contributed by atoms with Crippen LogP contribution in [-0.4, -0.2) is 21.5 Å². The number of nitrogens with zero attached hydrogens (tertiary/aromatic N) is 2. The number of carbonyl (C=O) groups excluding carboxylic acids is 2. The highest BCUT2D eigenvalue weighted by Crippen LogP contribution is 2.12. The Morgan fingerprint density at radius 3 is 2.72 bits per heavy atom. The minimum absolute atomic E-state index is 0.120. The van der Waals surface area contributed by atoms with Crippen molar-refractivity contribution < 1.29 is 14.0 Å². The summed E-state index contributed by atoms with van der Waals surface area (Å²) >= 11 is 0. The van der Waals surface area contributed by atoms with Gasteiger partial charge in [-0.05, 0) is 23.8 Å². The van der Waals surface area contributed by atoms with Crippen LogP contribution in [0, 0.1) is 0 Å². The van der Waals surface area contributed by atoms with E-state index in [0.29, 0.717) is 23.8 Å². The van der Waals surface area contributed by atoms with Crippen LogP contribution in [0.1, 0.15) is 28.8 Å². The van der Waals surface area contributed by atoms with E-state index in [2.05, 4.69) is 10.4 Å². The van der Waals surface area contributed by atoms with Crippen molar-refractivity contribution in [1.29, 1.82) is 0 Å². The predicted molar refractivity (Wildman–Crippen MR) is 94.1 cm³/mol. The zero-order valence-corrected chi connectivity index (χ0v) is 13.7. The summed E-state index contributed by atoms with van der Waals surface area (Å²) in [5, 5.41) is 6.92. The molecule has 3 aromatic rings. The van der Waals surface area contributed by atoms with E-state index < -0.39 is 0 Å². The Labute approximate surface area is 144 Å². The normalized spacial score (nSPS) is 10.9. The van der Waals surface area contributed by atoms with Crippen molar-refractivity contribution in [2.75, 3.05) is 5.32 Å². The summed E-state index contributed by atoms with van der Waals surface area (Å²) in [6.45, 7) is 1.83. The lowest BCUT2D eigenvalue weighted by Gasteiger charge is -1.98. The van der Waals surface area contributed by atoms with Crippen LogP contribution in [0.3, 0.4) is 0 Å². The van der Waals surface area contributed by atoms with E-state index in [4.69, 9.17) is 4.42 Å².